The molecule has 1 unspecified atom stereocenters. The zero-order valence-electron chi connectivity index (χ0n) is 16.2. The van der Waals surface area contributed by atoms with Crippen molar-refractivity contribution in [1.82, 2.24) is 15.1 Å². The van der Waals surface area contributed by atoms with Gasteiger partial charge < -0.3 is 24.3 Å². The number of likely N-dealkylation sites (N-methyl/N-ethyl adjacent to an activating group) is 2. The number of aliphatic imine (C=N–C) groups is 1. The molecular weight excluding hydrogens is 332 g/mol. The number of nitrogens with zero attached hydrogens (tertiary/aromatic N) is 3. The van der Waals surface area contributed by atoms with Crippen molar-refractivity contribution in [3.63, 3.8) is 0 Å². The zero-order valence-corrected chi connectivity index (χ0v) is 16.2. The Labute approximate surface area is 156 Å². The third-order valence-corrected chi connectivity index (χ3v) is 4.55. The zero-order chi connectivity index (χ0) is 18.8. The lowest BCUT2D eigenvalue weighted by Gasteiger charge is -2.26. The molecular formula is C19H32N4O3. The van der Waals surface area contributed by atoms with Crippen molar-refractivity contribution >= 4 is 11.9 Å². The Morgan fingerprint density at radius 1 is 1.38 bits per heavy atom. The van der Waals surface area contributed by atoms with Gasteiger partial charge in [0.15, 0.2) is 5.96 Å². The molecule has 26 heavy (non-hydrogen) atoms. The van der Waals surface area contributed by atoms with E-state index in [4.69, 9.17) is 14.1 Å². The lowest BCUT2D eigenvalue weighted by Crippen LogP contribution is -2.46. The molecule has 1 aliphatic heterocycles. The van der Waals surface area contributed by atoms with Crippen LogP contribution in [0.5, 0.6) is 0 Å². The van der Waals surface area contributed by atoms with Gasteiger partial charge in [0.2, 0.25) is 5.91 Å². The average Bonchev–Trinajstić information content (AvgIpc) is 3.32. The number of guanidine groups is 1. The van der Waals surface area contributed by atoms with E-state index in [-0.39, 0.29) is 12.0 Å². The highest BCUT2D eigenvalue weighted by Gasteiger charge is 2.18. The van der Waals surface area contributed by atoms with E-state index in [1.165, 1.54) is 0 Å². The molecule has 0 saturated carbocycles. The smallest absolute Gasteiger partial charge is 0.242 e. The van der Waals surface area contributed by atoms with E-state index < -0.39 is 0 Å². The van der Waals surface area contributed by atoms with Gasteiger partial charge in [0.1, 0.15) is 5.76 Å². The molecule has 0 aromatic carbocycles. The summed E-state index contributed by atoms with van der Waals surface area (Å²) >= 11 is 0. The van der Waals surface area contributed by atoms with Gasteiger partial charge in [0.25, 0.3) is 0 Å². The average molecular weight is 364 g/mol. The van der Waals surface area contributed by atoms with Crippen LogP contribution < -0.4 is 5.32 Å². The van der Waals surface area contributed by atoms with Crippen molar-refractivity contribution in [2.75, 3.05) is 46.4 Å². The number of amides is 1. The van der Waals surface area contributed by atoms with Crippen molar-refractivity contribution in [3.8, 4) is 0 Å². The first-order chi connectivity index (χ1) is 12.6. The summed E-state index contributed by atoms with van der Waals surface area (Å²) in [5, 5.41) is 3.35. The van der Waals surface area contributed by atoms with Gasteiger partial charge in [-0.3, -0.25) is 9.79 Å². The summed E-state index contributed by atoms with van der Waals surface area (Å²) in [7, 11) is 1.90. The molecule has 1 N–H and O–H groups in total. The molecule has 1 saturated heterocycles. The van der Waals surface area contributed by atoms with Crippen LogP contribution >= 0.6 is 0 Å². The van der Waals surface area contributed by atoms with Gasteiger partial charge in [-0.25, -0.2) is 0 Å². The standard InChI is InChI=1S/C19H32N4O3/c1-4-23(5-2)18(24)15-22(3)19(21-14-17-9-7-13-26-17)20-11-10-16-8-6-12-25-16/h6,8,12,17H,4-5,7,9-11,13-15H2,1-3H3,(H,20,21). The first-order valence-electron chi connectivity index (χ1n) is 9.55. The number of nitrogens with one attached hydrogen (secondary N) is 1. The third kappa shape index (κ3) is 6.37. The Morgan fingerprint density at radius 3 is 2.81 bits per heavy atom. The summed E-state index contributed by atoms with van der Waals surface area (Å²) in [6.07, 6.45) is 4.77. The van der Waals surface area contributed by atoms with Gasteiger partial charge in [-0.15, -0.1) is 0 Å². The maximum atomic E-state index is 12.4. The van der Waals surface area contributed by atoms with Crippen LogP contribution in [0.15, 0.2) is 27.8 Å². The molecule has 0 bridgehead atoms. The summed E-state index contributed by atoms with van der Waals surface area (Å²) in [6, 6.07) is 3.84. The predicted octanol–water partition coefficient (Wildman–Crippen LogP) is 1.75. The minimum atomic E-state index is 0.107. The summed E-state index contributed by atoms with van der Waals surface area (Å²) in [4.78, 5) is 20.8. The molecule has 0 spiro atoms. The maximum Gasteiger partial charge on any atom is 0.242 e. The summed E-state index contributed by atoms with van der Waals surface area (Å²) in [6.45, 7) is 7.87. The molecule has 2 rings (SSSR count). The van der Waals surface area contributed by atoms with Crippen LogP contribution in [-0.4, -0.2) is 74.1 Å². The Bertz CT molecular complexity index is 549. The van der Waals surface area contributed by atoms with Crippen molar-refractivity contribution in [2.45, 2.75) is 39.2 Å². The Morgan fingerprint density at radius 2 is 2.19 bits per heavy atom. The second-order valence-corrected chi connectivity index (χ2v) is 6.48. The quantitative estimate of drug-likeness (QED) is 0.534. The maximum absolute atomic E-state index is 12.4. The number of furan rings is 1. The highest BCUT2D eigenvalue weighted by molar-refractivity contribution is 5.86. The summed E-state index contributed by atoms with van der Waals surface area (Å²) in [5.74, 6) is 1.76. The lowest BCUT2D eigenvalue weighted by atomic mass is 10.2. The minimum Gasteiger partial charge on any atom is -0.469 e. The van der Waals surface area contributed by atoms with Crippen LogP contribution in [0.2, 0.25) is 0 Å². The van der Waals surface area contributed by atoms with E-state index in [1.54, 1.807) is 6.26 Å². The van der Waals surface area contributed by atoms with Gasteiger partial charge in [-0.2, -0.15) is 0 Å². The van der Waals surface area contributed by atoms with Crippen LogP contribution in [0.3, 0.4) is 0 Å². The SMILES string of the molecule is CCN(CC)C(=O)CN(C)C(=NCC1CCCO1)NCCc1ccco1. The number of carbonyl (C=O) groups is 1. The molecule has 2 heterocycles. The van der Waals surface area contributed by atoms with E-state index in [1.807, 2.05) is 42.8 Å². The van der Waals surface area contributed by atoms with E-state index in [2.05, 4.69) is 5.32 Å². The molecule has 0 aliphatic carbocycles. The van der Waals surface area contributed by atoms with Gasteiger partial charge in [-0.05, 0) is 38.8 Å². The van der Waals surface area contributed by atoms with E-state index in [9.17, 15) is 4.79 Å². The monoisotopic (exact) mass is 364 g/mol. The van der Waals surface area contributed by atoms with Crippen molar-refractivity contribution in [1.29, 1.82) is 0 Å². The topological polar surface area (TPSA) is 70.3 Å². The molecule has 1 atom stereocenters. The second-order valence-electron chi connectivity index (χ2n) is 6.48. The van der Waals surface area contributed by atoms with Gasteiger partial charge in [0, 0.05) is 39.7 Å². The molecule has 0 radical (unpaired) electrons. The highest BCUT2D eigenvalue weighted by atomic mass is 16.5. The largest absolute Gasteiger partial charge is 0.469 e. The first kappa shape index (κ1) is 20.3. The molecule has 1 fully saturated rings. The van der Waals surface area contributed by atoms with Gasteiger partial charge in [0.05, 0.1) is 25.5 Å². The van der Waals surface area contributed by atoms with E-state index >= 15 is 0 Å². The molecule has 7 heteroatoms. The van der Waals surface area contributed by atoms with Crippen LogP contribution in [0.1, 0.15) is 32.4 Å². The Balaban J connectivity index is 1.93. The summed E-state index contributed by atoms with van der Waals surface area (Å²) in [5.41, 5.74) is 0. The van der Waals surface area contributed by atoms with Crippen LogP contribution in [-0.2, 0) is 16.0 Å². The van der Waals surface area contributed by atoms with Crippen LogP contribution in [0.25, 0.3) is 0 Å². The predicted molar refractivity (Wildman–Crippen MR) is 102 cm³/mol. The molecule has 1 aromatic rings. The third-order valence-electron chi connectivity index (χ3n) is 4.55. The number of ether oxygens (including phenoxy) is 1. The number of carbonyl (C=O) groups excluding carboxylic acids is 1. The fraction of sp³-hybridized carbons (Fsp3) is 0.684. The highest BCUT2D eigenvalue weighted by Crippen LogP contribution is 2.12. The van der Waals surface area contributed by atoms with Gasteiger partial charge >= 0.3 is 0 Å². The molecule has 7 nitrogen and oxygen atoms in total. The van der Waals surface area contributed by atoms with E-state index in [0.717, 1.165) is 50.7 Å². The first-order valence-corrected chi connectivity index (χ1v) is 9.55. The molecule has 1 aliphatic rings. The molecule has 1 amide bonds. The number of hydrogen-bond donors (Lipinski definition) is 1. The van der Waals surface area contributed by atoms with Crippen molar-refractivity contribution < 1.29 is 13.9 Å². The second kappa shape index (κ2) is 10.9. The fourth-order valence-corrected chi connectivity index (χ4v) is 2.99. The summed E-state index contributed by atoms with van der Waals surface area (Å²) < 4.78 is 11.0. The van der Waals surface area contributed by atoms with Crippen molar-refractivity contribution in [2.24, 2.45) is 4.99 Å². The van der Waals surface area contributed by atoms with Crippen LogP contribution in [0.4, 0.5) is 0 Å². The number of rotatable bonds is 9. The normalized spacial score (nSPS) is 17.3. The van der Waals surface area contributed by atoms with Crippen LogP contribution in [0, 0.1) is 0 Å². The minimum absolute atomic E-state index is 0.107. The molecule has 146 valence electrons. The Kier molecular flexibility index (Phi) is 8.47. The van der Waals surface area contributed by atoms with E-state index in [0.29, 0.717) is 19.6 Å². The van der Waals surface area contributed by atoms with Gasteiger partial charge in [-0.1, -0.05) is 0 Å². The van der Waals surface area contributed by atoms with Crippen molar-refractivity contribution in [3.05, 3.63) is 24.2 Å². The lowest BCUT2D eigenvalue weighted by molar-refractivity contribution is -0.131. The molecule has 1 aromatic heterocycles. The Hall–Kier alpha value is -2.02. The fourth-order valence-electron chi connectivity index (χ4n) is 2.99. The number of hydrogen-bond acceptors (Lipinski definition) is 4.